The molecule has 0 amide bonds. The normalized spacial score (nSPS) is 12.6. The molecule has 2 N–H and O–H groups in total. The van der Waals surface area contributed by atoms with E-state index in [-0.39, 0.29) is 5.69 Å². The van der Waals surface area contributed by atoms with Gasteiger partial charge in [-0.15, -0.1) is 0 Å². The van der Waals surface area contributed by atoms with Crippen LogP contribution in [0.1, 0.15) is 17.8 Å². The lowest BCUT2D eigenvalue weighted by molar-refractivity contribution is 0.147. The number of aromatic nitrogens is 2. The van der Waals surface area contributed by atoms with Crippen molar-refractivity contribution in [3.63, 3.8) is 0 Å². The molecule has 1 heterocycles. The quantitative estimate of drug-likeness (QED) is 0.841. The molecule has 1 aromatic heterocycles. The molecular weight excluding hydrogens is 352 g/mol. The van der Waals surface area contributed by atoms with Crippen molar-refractivity contribution in [2.45, 2.75) is 23.1 Å². The van der Waals surface area contributed by atoms with Crippen LogP contribution in [-0.2, 0) is 19.9 Å². The van der Waals surface area contributed by atoms with E-state index in [2.05, 4.69) is 10.2 Å². The van der Waals surface area contributed by atoms with Gasteiger partial charge < -0.3 is 0 Å². The zero-order chi connectivity index (χ0) is 17.4. The van der Waals surface area contributed by atoms with Gasteiger partial charge in [0.05, 0.1) is 16.3 Å². The van der Waals surface area contributed by atoms with Gasteiger partial charge in [-0.05, 0) is 19.1 Å². The Labute approximate surface area is 131 Å². The van der Waals surface area contributed by atoms with Gasteiger partial charge in [-0.3, -0.25) is 9.82 Å². The third-order valence-electron chi connectivity index (χ3n) is 2.96. The Morgan fingerprint density at radius 1 is 1.13 bits per heavy atom. The Kier molecular flexibility index (Phi) is 4.44. The number of sulfonamides is 1. The second-order valence-electron chi connectivity index (χ2n) is 4.73. The number of H-pyrrole nitrogens is 1. The summed E-state index contributed by atoms with van der Waals surface area (Å²) in [6, 6.07) is 4.90. The highest BCUT2D eigenvalue weighted by molar-refractivity contribution is 7.95. The molecule has 0 spiro atoms. The molecule has 0 saturated heterocycles. The highest BCUT2D eigenvalue weighted by atomic mass is 32.2. The molecule has 2 rings (SSSR count). The monoisotopic (exact) mass is 365 g/mol. The largest absolute Gasteiger partial charge is 0.284 e. The van der Waals surface area contributed by atoms with Crippen molar-refractivity contribution in [1.82, 2.24) is 10.2 Å². The molecule has 11 heteroatoms. The lowest BCUT2D eigenvalue weighted by Crippen LogP contribution is -2.17. The zero-order valence-electron chi connectivity index (χ0n) is 12.0. The maximum Gasteiger partial charge on any atom is 0.284 e. The van der Waals surface area contributed by atoms with Gasteiger partial charge in [-0.2, -0.15) is 5.10 Å². The van der Waals surface area contributed by atoms with E-state index in [1.165, 1.54) is 19.1 Å². The van der Waals surface area contributed by atoms with Crippen molar-refractivity contribution < 1.29 is 25.6 Å². The van der Waals surface area contributed by atoms with Crippen molar-refractivity contribution in [3.8, 4) is 0 Å². The number of rotatable bonds is 5. The third kappa shape index (κ3) is 3.50. The van der Waals surface area contributed by atoms with Gasteiger partial charge in [0.25, 0.3) is 16.4 Å². The first-order valence-electron chi connectivity index (χ1n) is 6.19. The van der Waals surface area contributed by atoms with Gasteiger partial charge >= 0.3 is 0 Å². The summed E-state index contributed by atoms with van der Waals surface area (Å²) in [6.07, 6.45) is -2.14. The number of halogens is 2. The number of aryl methyl sites for hydroxylation is 1. The number of benzene rings is 1. The van der Waals surface area contributed by atoms with Crippen LogP contribution in [0.25, 0.3) is 0 Å². The smallest absolute Gasteiger partial charge is 0.280 e. The van der Waals surface area contributed by atoms with Crippen LogP contribution in [0, 0.1) is 6.92 Å². The van der Waals surface area contributed by atoms with Crippen LogP contribution >= 0.6 is 0 Å². The number of nitrogens with zero attached hydrogens (tertiary/aromatic N) is 1. The molecule has 0 aliphatic heterocycles. The number of aromatic amines is 1. The van der Waals surface area contributed by atoms with E-state index in [1.807, 2.05) is 4.72 Å². The summed E-state index contributed by atoms with van der Waals surface area (Å²) in [5.41, 5.74) is -1.08. The summed E-state index contributed by atoms with van der Waals surface area (Å²) in [5, 5.41) is 5.61. The zero-order valence-corrected chi connectivity index (χ0v) is 13.7. The Bertz CT molecular complexity index is 937. The first-order valence-corrected chi connectivity index (χ1v) is 9.56. The molecule has 2 aromatic rings. The molecule has 1 aromatic carbocycles. The topological polar surface area (TPSA) is 109 Å². The predicted molar refractivity (Wildman–Crippen MR) is 78.6 cm³/mol. The second-order valence-corrected chi connectivity index (χ2v) is 8.37. The lowest BCUT2D eigenvalue weighted by Gasteiger charge is -2.12. The van der Waals surface area contributed by atoms with E-state index >= 15 is 0 Å². The Morgan fingerprint density at radius 2 is 1.70 bits per heavy atom. The first-order chi connectivity index (χ1) is 10.5. The van der Waals surface area contributed by atoms with E-state index in [9.17, 15) is 25.6 Å². The molecule has 0 aliphatic rings. The van der Waals surface area contributed by atoms with Gasteiger partial charge in [0.15, 0.2) is 15.5 Å². The van der Waals surface area contributed by atoms with Gasteiger partial charge in [0.2, 0.25) is 0 Å². The van der Waals surface area contributed by atoms with E-state index in [0.29, 0.717) is 0 Å². The fraction of sp³-hybridized carbons (Fsp3) is 0.250. The van der Waals surface area contributed by atoms with Crippen molar-refractivity contribution >= 4 is 25.5 Å². The predicted octanol–water partition coefficient (Wildman–Crippen LogP) is 1.86. The second kappa shape index (κ2) is 5.89. The summed E-state index contributed by atoms with van der Waals surface area (Å²) in [6.45, 7) is 1.36. The summed E-state index contributed by atoms with van der Waals surface area (Å²) in [5.74, 6) is 0. The van der Waals surface area contributed by atoms with Gasteiger partial charge in [0.1, 0.15) is 4.90 Å². The number of alkyl halides is 2. The maximum absolute atomic E-state index is 12.9. The molecule has 23 heavy (non-hydrogen) atoms. The summed E-state index contributed by atoms with van der Waals surface area (Å²) in [7, 11) is -8.22. The van der Waals surface area contributed by atoms with E-state index in [1.54, 1.807) is 0 Å². The Hall–Kier alpha value is -2.01. The van der Waals surface area contributed by atoms with Crippen LogP contribution in [0.5, 0.6) is 0 Å². The molecule has 0 fully saturated rings. The third-order valence-corrected chi connectivity index (χ3v) is 5.65. The average molecular weight is 365 g/mol. The fourth-order valence-corrected chi connectivity index (χ4v) is 4.67. The standard InChI is InChI=1S/C12H13F2N3O4S2/c1-7-10(11(12(13)14)16-15-7)17-23(20,21)9-6-4-3-5-8(9)22(2,18)19/h3-6,12,17H,1-2H3,(H,15,16). The molecule has 0 atom stereocenters. The van der Waals surface area contributed by atoms with Crippen LogP contribution < -0.4 is 4.72 Å². The summed E-state index contributed by atoms with van der Waals surface area (Å²) >= 11 is 0. The highest BCUT2D eigenvalue weighted by Crippen LogP contribution is 2.30. The summed E-state index contributed by atoms with van der Waals surface area (Å²) < 4.78 is 76.0. The van der Waals surface area contributed by atoms with Crippen molar-refractivity contribution in [1.29, 1.82) is 0 Å². The molecule has 0 radical (unpaired) electrons. The minimum Gasteiger partial charge on any atom is -0.280 e. The average Bonchev–Trinajstić information content (AvgIpc) is 2.79. The van der Waals surface area contributed by atoms with Crippen LogP contribution in [-0.4, -0.2) is 33.3 Å². The van der Waals surface area contributed by atoms with Gasteiger partial charge in [-0.25, -0.2) is 25.6 Å². The molecule has 126 valence electrons. The summed E-state index contributed by atoms with van der Waals surface area (Å²) in [4.78, 5) is -0.949. The Balaban J connectivity index is 2.56. The number of hydrogen-bond donors (Lipinski definition) is 2. The minimum absolute atomic E-state index is 0.0840. The molecule has 7 nitrogen and oxygen atoms in total. The van der Waals surface area contributed by atoms with Gasteiger partial charge in [-0.1, -0.05) is 12.1 Å². The van der Waals surface area contributed by atoms with Crippen molar-refractivity contribution in [3.05, 3.63) is 35.7 Å². The molecule has 0 unspecified atom stereocenters. The number of sulfone groups is 1. The van der Waals surface area contributed by atoms with Crippen molar-refractivity contribution in [2.24, 2.45) is 0 Å². The van der Waals surface area contributed by atoms with Crippen LogP contribution in [0.2, 0.25) is 0 Å². The molecular formula is C12H13F2N3O4S2. The minimum atomic E-state index is -4.40. The Morgan fingerprint density at radius 3 is 2.22 bits per heavy atom. The molecule has 0 aliphatic carbocycles. The van der Waals surface area contributed by atoms with Gasteiger partial charge in [0, 0.05) is 6.26 Å². The number of anilines is 1. The van der Waals surface area contributed by atoms with Crippen LogP contribution in [0.4, 0.5) is 14.5 Å². The van der Waals surface area contributed by atoms with Crippen LogP contribution in [0.3, 0.4) is 0 Å². The fourth-order valence-electron chi connectivity index (χ4n) is 1.90. The lowest BCUT2D eigenvalue weighted by atomic mass is 10.3. The first kappa shape index (κ1) is 17.3. The SMILES string of the molecule is Cc1[nH]nc(C(F)F)c1NS(=O)(=O)c1ccccc1S(C)(=O)=O. The van der Waals surface area contributed by atoms with Crippen LogP contribution in [0.15, 0.2) is 34.1 Å². The maximum atomic E-state index is 12.9. The highest BCUT2D eigenvalue weighted by Gasteiger charge is 2.27. The number of nitrogens with one attached hydrogen (secondary N) is 2. The van der Waals surface area contributed by atoms with E-state index in [4.69, 9.17) is 0 Å². The van der Waals surface area contributed by atoms with E-state index in [0.717, 1.165) is 18.4 Å². The molecule has 0 saturated carbocycles. The van der Waals surface area contributed by atoms with Crippen molar-refractivity contribution in [2.75, 3.05) is 11.0 Å². The van der Waals surface area contributed by atoms with E-state index < -0.39 is 47.5 Å². The number of hydrogen-bond acceptors (Lipinski definition) is 5. The molecule has 0 bridgehead atoms.